The minimum absolute atomic E-state index is 0.111. The smallest absolute Gasteiger partial charge is 0.347 e. The Morgan fingerprint density at radius 2 is 1.52 bits per heavy atom. The van der Waals surface area contributed by atoms with Crippen molar-refractivity contribution in [1.29, 1.82) is 0 Å². The van der Waals surface area contributed by atoms with Gasteiger partial charge in [-0.05, 0) is 54.7 Å². The topological polar surface area (TPSA) is 80.5 Å². The molecule has 6 heteroatoms. The first-order valence-corrected chi connectivity index (χ1v) is 9.68. The van der Waals surface area contributed by atoms with Crippen molar-refractivity contribution >= 4 is 28.4 Å². The number of benzene rings is 2. The van der Waals surface area contributed by atoms with Crippen LogP contribution in [0.5, 0.6) is 0 Å². The monoisotopic (exact) mass is 384 g/mol. The molecule has 2 bridgehead atoms. The minimum Gasteiger partial charge on any atom is -0.403 e. The highest BCUT2D eigenvalue weighted by molar-refractivity contribution is 6.22. The Hall–Kier alpha value is -3.54. The van der Waals surface area contributed by atoms with Crippen molar-refractivity contribution in [3.05, 3.63) is 71.1 Å². The van der Waals surface area contributed by atoms with Crippen molar-refractivity contribution in [2.45, 2.75) is 6.42 Å². The Morgan fingerprint density at radius 3 is 2.21 bits per heavy atom. The number of imide groups is 1. The molecule has 0 N–H and O–H groups in total. The van der Waals surface area contributed by atoms with Gasteiger partial charge in [0, 0.05) is 5.56 Å². The fourth-order valence-corrected chi connectivity index (χ4v) is 5.05. The molecule has 0 radical (unpaired) electrons. The third-order valence-electron chi connectivity index (χ3n) is 6.38. The maximum atomic E-state index is 12.9. The summed E-state index contributed by atoms with van der Waals surface area (Å²) in [6, 6.07) is 13.9. The number of rotatable bonds is 2. The number of aromatic nitrogens is 1. The van der Waals surface area contributed by atoms with Gasteiger partial charge in [0.05, 0.1) is 28.4 Å². The Balaban J connectivity index is 1.35. The Morgan fingerprint density at radius 1 is 0.862 bits per heavy atom. The maximum Gasteiger partial charge on any atom is 0.347 e. The molecule has 4 atom stereocenters. The molecule has 6 nitrogen and oxygen atoms in total. The fraction of sp³-hybridized carbons (Fsp3) is 0.217. The normalized spacial score (nSPS) is 27.2. The summed E-state index contributed by atoms with van der Waals surface area (Å²) >= 11 is 0. The fourth-order valence-electron chi connectivity index (χ4n) is 5.05. The molecule has 3 aliphatic rings. The minimum atomic E-state index is -0.449. The van der Waals surface area contributed by atoms with E-state index in [9.17, 15) is 14.4 Å². The van der Waals surface area contributed by atoms with Crippen molar-refractivity contribution in [1.82, 2.24) is 4.98 Å². The molecule has 2 heterocycles. The van der Waals surface area contributed by atoms with Gasteiger partial charge >= 0.3 is 5.63 Å². The van der Waals surface area contributed by atoms with Crippen LogP contribution >= 0.6 is 0 Å². The van der Waals surface area contributed by atoms with E-state index in [4.69, 9.17) is 4.42 Å². The van der Waals surface area contributed by atoms with E-state index in [2.05, 4.69) is 17.1 Å². The molecule has 2 fully saturated rings. The lowest BCUT2D eigenvalue weighted by atomic mass is 9.85. The van der Waals surface area contributed by atoms with Gasteiger partial charge in [-0.25, -0.2) is 9.78 Å². The highest BCUT2D eigenvalue weighted by Crippen LogP contribution is 2.53. The van der Waals surface area contributed by atoms with Gasteiger partial charge in [0.1, 0.15) is 0 Å². The summed E-state index contributed by atoms with van der Waals surface area (Å²) in [4.78, 5) is 43.8. The molecule has 1 aromatic heterocycles. The summed E-state index contributed by atoms with van der Waals surface area (Å²) in [7, 11) is 0. The summed E-state index contributed by atoms with van der Waals surface area (Å²) in [5.41, 5.74) is 1.26. The Kier molecular flexibility index (Phi) is 3.25. The average Bonchev–Trinajstić information content (AvgIpc) is 3.42. The second-order valence-electron chi connectivity index (χ2n) is 7.88. The summed E-state index contributed by atoms with van der Waals surface area (Å²) < 4.78 is 5.36. The largest absolute Gasteiger partial charge is 0.403 e. The van der Waals surface area contributed by atoms with Crippen LogP contribution in [0.4, 0.5) is 5.69 Å². The standard InChI is InChI=1S/C23H16N2O4/c26-21-18-13-5-6-14(11-13)19(18)22(27)25(21)15-9-7-12(8-10-15)20-24-17-4-2-1-3-16(17)23(28)29-20/h1-10,13-14,18-19H,11H2/t13-,14-,18-,19+/m1/s1. The molecule has 0 unspecified atom stereocenters. The summed E-state index contributed by atoms with van der Waals surface area (Å²) in [5, 5.41) is 0.427. The first kappa shape index (κ1) is 16.4. The number of carbonyl (C=O) groups is 2. The van der Waals surface area contributed by atoms with E-state index in [1.807, 2.05) is 6.07 Å². The van der Waals surface area contributed by atoms with Crippen molar-refractivity contribution in [3.8, 4) is 11.5 Å². The first-order valence-electron chi connectivity index (χ1n) is 9.68. The average molecular weight is 384 g/mol. The molecule has 1 saturated carbocycles. The van der Waals surface area contributed by atoms with E-state index < -0.39 is 5.63 Å². The van der Waals surface area contributed by atoms with Crippen LogP contribution in [0, 0.1) is 23.7 Å². The lowest BCUT2D eigenvalue weighted by Crippen LogP contribution is -2.32. The number of amides is 2. The third-order valence-corrected chi connectivity index (χ3v) is 6.38. The number of hydrogen-bond donors (Lipinski definition) is 0. The number of anilines is 1. The molecule has 6 rings (SSSR count). The number of hydrogen-bond acceptors (Lipinski definition) is 5. The maximum absolute atomic E-state index is 12.9. The molecule has 142 valence electrons. The lowest BCUT2D eigenvalue weighted by Gasteiger charge is -2.17. The molecule has 29 heavy (non-hydrogen) atoms. The van der Waals surface area contributed by atoms with Gasteiger partial charge in [0.15, 0.2) is 0 Å². The zero-order valence-electron chi connectivity index (χ0n) is 15.3. The van der Waals surface area contributed by atoms with Crippen LogP contribution in [0.25, 0.3) is 22.4 Å². The van der Waals surface area contributed by atoms with Gasteiger partial charge in [-0.15, -0.1) is 0 Å². The van der Waals surface area contributed by atoms with E-state index >= 15 is 0 Å². The van der Waals surface area contributed by atoms with E-state index in [0.717, 1.165) is 6.42 Å². The molecule has 0 spiro atoms. The van der Waals surface area contributed by atoms with Crippen LogP contribution < -0.4 is 10.5 Å². The predicted molar refractivity (Wildman–Crippen MR) is 106 cm³/mol. The molecule has 1 aliphatic heterocycles. The Bertz CT molecular complexity index is 1240. The zero-order valence-corrected chi connectivity index (χ0v) is 15.3. The molecule has 1 saturated heterocycles. The van der Waals surface area contributed by atoms with Gasteiger partial charge in [0.25, 0.3) is 0 Å². The van der Waals surface area contributed by atoms with Crippen LogP contribution in [-0.4, -0.2) is 16.8 Å². The number of allylic oxidation sites excluding steroid dienone is 2. The molecular formula is C23H16N2O4. The number of para-hydroxylation sites is 1. The quantitative estimate of drug-likeness (QED) is 0.501. The van der Waals surface area contributed by atoms with Gasteiger partial charge in [-0.3, -0.25) is 14.5 Å². The lowest BCUT2D eigenvalue weighted by molar-refractivity contribution is -0.123. The molecular weight excluding hydrogens is 368 g/mol. The Labute approximate surface area is 165 Å². The zero-order chi connectivity index (χ0) is 19.7. The van der Waals surface area contributed by atoms with E-state index in [-0.39, 0.29) is 41.4 Å². The van der Waals surface area contributed by atoms with Crippen molar-refractivity contribution in [3.63, 3.8) is 0 Å². The number of nitrogens with zero attached hydrogens (tertiary/aromatic N) is 2. The molecule has 2 aromatic carbocycles. The second kappa shape index (κ2) is 5.73. The van der Waals surface area contributed by atoms with E-state index in [1.165, 1.54) is 4.90 Å². The predicted octanol–water partition coefficient (Wildman–Crippen LogP) is 3.17. The van der Waals surface area contributed by atoms with Gasteiger partial charge in [-0.1, -0.05) is 24.3 Å². The van der Waals surface area contributed by atoms with Crippen LogP contribution in [0.15, 0.2) is 69.9 Å². The van der Waals surface area contributed by atoms with Crippen molar-refractivity contribution in [2.75, 3.05) is 4.90 Å². The summed E-state index contributed by atoms with van der Waals surface area (Å²) in [5.74, 6) is -0.100. The van der Waals surface area contributed by atoms with E-state index in [0.29, 0.717) is 22.2 Å². The highest BCUT2D eigenvalue weighted by Gasteiger charge is 2.59. The van der Waals surface area contributed by atoms with Crippen LogP contribution in [0.1, 0.15) is 6.42 Å². The second-order valence-corrected chi connectivity index (χ2v) is 7.88. The van der Waals surface area contributed by atoms with Gasteiger partial charge in [0.2, 0.25) is 17.7 Å². The SMILES string of the molecule is O=C1[C@@H]2[C@H](C(=O)N1c1ccc(-c3nc4ccccc4c(=O)o3)cc1)[C@@H]1C=C[C@@H]2C1. The molecule has 2 aliphatic carbocycles. The van der Waals surface area contributed by atoms with Crippen LogP contribution in [0.3, 0.4) is 0 Å². The van der Waals surface area contributed by atoms with Crippen molar-refractivity contribution in [2.24, 2.45) is 23.7 Å². The van der Waals surface area contributed by atoms with Crippen molar-refractivity contribution < 1.29 is 14.0 Å². The summed E-state index contributed by atoms with van der Waals surface area (Å²) in [6.07, 6.45) is 5.07. The van der Waals surface area contributed by atoms with Crippen LogP contribution in [-0.2, 0) is 9.59 Å². The molecule has 2 amide bonds. The third kappa shape index (κ3) is 2.23. The van der Waals surface area contributed by atoms with E-state index in [1.54, 1.807) is 42.5 Å². The van der Waals surface area contributed by atoms with Gasteiger partial charge in [-0.2, -0.15) is 0 Å². The molecule has 3 aromatic rings. The first-order chi connectivity index (χ1) is 14.1. The number of carbonyl (C=O) groups excluding carboxylic acids is 2. The summed E-state index contributed by atoms with van der Waals surface area (Å²) in [6.45, 7) is 0. The van der Waals surface area contributed by atoms with Gasteiger partial charge < -0.3 is 4.42 Å². The number of fused-ring (bicyclic) bond motifs is 6. The van der Waals surface area contributed by atoms with Crippen LogP contribution in [0.2, 0.25) is 0 Å². The highest BCUT2D eigenvalue weighted by atomic mass is 16.4.